The normalized spacial score (nSPS) is 21.4. The predicted molar refractivity (Wildman–Crippen MR) is 150 cm³/mol. The van der Waals surface area contributed by atoms with Crippen LogP contribution in [0.1, 0.15) is 47.4 Å². The molecule has 5 aromatic rings. The highest BCUT2D eigenvalue weighted by atomic mass is 32.1. The van der Waals surface area contributed by atoms with Gasteiger partial charge >= 0.3 is 0 Å². The molecule has 0 fully saturated rings. The van der Waals surface area contributed by atoms with Crippen LogP contribution in [0.5, 0.6) is 5.75 Å². The molecule has 1 N–H and O–H groups in total. The molecule has 1 aromatic heterocycles. The van der Waals surface area contributed by atoms with Crippen LogP contribution in [0.3, 0.4) is 0 Å². The number of nitrogens with zero attached hydrogens (tertiary/aromatic N) is 1. The molecule has 182 valence electrons. The number of hydrogen-bond donors (Lipinski definition) is 1. The van der Waals surface area contributed by atoms with Gasteiger partial charge in [-0.25, -0.2) is 4.98 Å². The van der Waals surface area contributed by atoms with Crippen LogP contribution in [0.4, 0.5) is 5.13 Å². The average Bonchev–Trinajstić information content (AvgIpc) is 3.40. The number of carbonyl (C=O) groups excluding carboxylic acids is 1. The highest BCUT2D eigenvalue weighted by Crippen LogP contribution is 2.61. The summed E-state index contributed by atoms with van der Waals surface area (Å²) in [6.07, 6.45) is 0.791. The molecule has 0 spiro atoms. The Kier molecular flexibility index (Phi) is 4.98. The highest BCUT2D eigenvalue weighted by Gasteiger charge is 2.53. The van der Waals surface area contributed by atoms with Gasteiger partial charge in [0.05, 0.1) is 18.2 Å². The number of rotatable bonds is 4. The quantitative estimate of drug-likeness (QED) is 0.275. The smallest absolute Gasteiger partial charge is 0.233 e. The van der Waals surface area contributed by atoms with E-state index in [0.717, 1.165) is 34.2 Å². The lowest BCUT2D eigenvalue weighted by Crippen LogP contribution is -2.47. The molecule has 1 atom stereocenters. The SMILES string of the molecule is COc1ccc(-c2csc(NC(=O)C3(C)CC4c5ccccc5C3c3ccccc34)n2)c2ccccc12. The molecule has 4 nitrogen and oxygen atoms in total. The number of anilines is 1. The van der Waals surface area contributed by atoms with Gasteiger partial charge in [0.1, 0.15) is 5.75 Å². The van der Waals surface area contributed by atoms with Crippen LogP contribution in [-0.4, -0.2) is 18.0 Å². The first-order valence-electron chi connectivity index (χ1n) is 12.6. The van der Waals surface area contributed by atoms with Gasteiger partial charge in [-0.1, -0.05) is 72.8 Å². The van der Waals surface area contributed by atoms with Crippen LogP contribution < -0.4 is 10.1 Å². The lowest BCUT2D eigenvalue weighted by atomic mass is 9.52. The molecular formula is C32H26N2O2S. The van der Waals surface area contributed by atoms with E-state index < -0.39 is 5.41 Å². The zero-order valence-corrected chi connectivity index (χ0v) is 21.5. The molecule has 3 aliphatic carbocycles. The summed E-state index contributed by atoms with van der Waals surface area (Å²) in [7, 11) is 1.69. The second kappa shape index (κ2) is 8.29. The summed E-state index contributed by atoms with van der Waals surface area (Å²) in [4.78, 5) is 18.8. The maximum absolute atomic E-state index is 14.0. The second-order valence-electron chi connectivity index (χ2n) is 10.2. The van der Waals surface area contributed by atoms with E-state index in [4.69, 9.17) is 9.72 Å². The van der Waals surface area contributed by atoms with Gasteiger partial charge in [0.15, 0.2) is 5.13 Å². The molecular weight excluding hydrogens is 476 g/mol. The van der Waals surface area contributed by atoms with Gasteiger partial charge in [-0.2, -0.15) is 0 Å². The van der Waals surface area contributed by atoms with Gasteiger partial charge in [-0.15, -0.1) is 11.3 Å². The third kappa shape index (κ3) is 3.27. The van der Waals surface area contributed by atoms with Crippen LogP contribution >= 0.6 is 11.3 Å². The fourth-order valence-corrected chi connectivity index (χ4v) is 7.26. The van der Waals surface area contributed by atoms with Crippen molar-refractivity contribution in [2.24, 2.45) is 5.41 Å². The first kappa shape index (κ1) is 22.3. The number of benzene rings is 4. The molecule has 0 aliphatic heterocycles. The topological polar surface area (TPSA) is 51.2 Å². The second-order valence-corrected chi connectivity index (χ2v) is 11.1. The van der Waals surface area contributed by atoms with Crippen LogP contribution in [0.15, 0.2) is 90.3 Å². The van der Waals surface area contributed by atoms with Gasteiger partial charge in [-0.05, 0) is 53.1 Å². The summed E-state index contributed by atoms with van der Waals surface area (Å²) in [5, 5.41) is 7.97. The first-order valence-corrected chi connectivity index (χ1v) is 13.5. The summed E-state index contributed by atoms with van der Waals surface area (Å²) < 4.78 is 5.55. The Hall–Kier alpha value is -3.96. The van der Waals surface area contributed by atoms with Gasteiger partial charge in [0.25, 0.3) is 0 Å². The van der Waals surface area contributed by atoms with Crippen LogP contribution in [0, 0.1) is 5.41 Å². The molecule has 3 aliphatic rings. The van der Waals surface area contributed by atoms with Gasteiger partial charge in [0, 0.05) is 28.2 Å². The minimum atomic E-state index is -0.563. The van der Waals surface area contributed by atoms with Gasteiger partial charge < -0.3 is 10.1 Å². The molecule has 1 heterocycles. The molecule has 8 rings (SSSR count). The lowest BCUT2D eigenvalue weighted by molar-refractivity contribution is -0.126. The average molecular weight is 503 g/mol. The van der Waals surface area contributed by atoms with Crippen molar-refractivity contribution >= 4 is 33.1 Å². The predicted octanol–water partition coefficient (Wildman–Crippen LogP) is 7.60. The first-order chi connectivity index (χ1) is 18.1. The number of aromatic nitrogens is 1. The Balaban J connectivity index is 1.23. The summed E-state index contributed by atoms with van der Waals surface area (Å²) in [5.41, 5.74) is 6.59. The number of hydrogen-bond acceptors (Lipinski definition) is 4. The van der Waals surface area contributed by atoms with E-state index in [0.29, 0.717) is 5.13 Å². The zero-order chi connectivity index (χ0) is 25.1. The molecule has 37 heavy (non-hydrogen) atoms. The summed E-state index contributed by atoms with van der Waals surface area (Å²) in [6.45, 7) is 2.12. The fraction of sp³-hybridized carbons (Fsp3) is 0.188. The Morgan fingerprint density at radius 3 is 2.19 bits per heavy atom. The van der Waals surface area contributed by atoms with Gasteiger partial charge in [0.2, 0.25) is 5.91 Å². The number of ether oxygens (including phenoxy) is 1. The third-order valence-corrected chi connectivity index (χ3v) is 9.01. The van der Waals surface area contributed by atoms with E-state index in [1.54, 1.807) is 7.11 Å². The van der Waals surface area contributed by atoms with E-state index in [9.17, 15) is 4.79 Å². The number of nitrogens with one attached hydrogen (secondary N) is 1. The molecule has 5 heteroatoms. The van der Waals surface area contributed by atoms with Crippen LogP contribution in [0.25, 0.3) is 22.0 Å². The van der Waals surface area contributed by atoms with Crippen LogP contribution in [0.2, 0.25) is 0 Å². The zero-order valence-electron chi connectivity index (χ0n) is 20.7. The van der Waals surface area contributed by atoms with Crippen molar-refractivity contribution < 1.29 is 9.53 Å². The number of carbonyl (C=O) groups is 1. The van der Waals surface area contributed by atoms with E-state index >= 15 is 0 Å². The van der Waals surface area contributed by atoms with Crippen LogP contribution in [-0.2, 0) is 4.79 Å². The highest BCUT2D eigenvalue weighted by molar-refractivity contribution is 7.14. The standard InChI is InChI=1S/C32H26N2O2S/c1-32(17-26-20-10-4-7-13-24(20)29(32)25-14-8-5-11-21(25)26)30(35)34-31-33-27(18-37-31)22-15-16-28(36-2)23-12-6-3-9-19(22)23/h3-16,18,26,29H,17H2,1-2H3,(H,33,34,35). The molecule has 0 saturated carbocycles. The molecule has 1 amide bonds. The molecule has 4 aromatic carbocycles. The minimum Gasteiger partial charge on any atom is -0.496 e. The monoisotopic (exact) mass is 502 g/mol. The fourth-order valence-electron chi connectivity index (χ4n) is 6.56. The summed E-state index contributed by atoms with van der Waals surface area (Å²) in [5.74, 6) is 1.12. The Morgan fingerprint density at radius 2 is 1.51 bits per heavy atom. The Morgan fingerprint density at radius 1 is 0.892 bits per heavy atom. The van der Waals surface area contributed by atoms with Crippen molar-refractivity contribution in [1.82, 2.24) is 4.98 Å². The number of thiazole rings is 1. The maximum Gasteiger partial charge on any atom is 0.233 e. The maximum atomic E-state index is 14.0. The van der Waals surface area contributed by atoms with Crippen molar-refractivity contribution in [1.29, 1.82) is 0 Å². The van der Waals surface area contributed by atoms with E-state index in [1.165, 1.54) is 33.6 Å². The summed E-state index contributed by atoms with van der Waals surface area (Å²) >= 11 is 1.47. The molecule has 0 radical (unpaired) electrons. The van der Waals surface area contributed by atoms with Crippen molar-refractivity contribution in [3.8, 4) is 17.0 Å². The Bertz CT molecular complexity index is 1640. The number of fused-ring (bicyclic) bond motifs is 2. The van der Waals surface area contributed by atoms with E-state index in [-0.39, 0.29) is 17.7 Å². The van der Waals surface area contributed by atoms with Crippen molar-refractivity contribution in [2.75, 3.05) is 12.4 Å². The van der Waals surface area contributed by atoms with E-state index in [2.05, 4.69) is 72.9 Å². The van der Waals surface area contributed by atoms with Gasteiger partial charge in [-0.3, -0.25) is 4.79 Å². The minimum absolute atomic E-state index is 0.0230. The molecule has 2 bridgehead atoms. The number of methoxy groups -OCH3 is 1. The third-order valence-electron chi connectivity index (χ3n) is 8.25. The lowest BCUT2D eigenvalue weighted by Gasteiger charge is -2.50. The van der Waals surface area contributed by atoms with Crippen molar-refractivity contribution in [3.05, 3.63) is 113 Å². The molecule has 0 saturated heterocycles. The van der Waals surface area contributed by atoms with Crippen molar-refractivity contribution in [2.45, 2.75) is 25.2 Å². The largest absolute Gasteiger partial charge is 0.496 e. The number of amides is 1. The van der Waals surface area contributed by atoms with E-state index in [1.807, 2.05) is 29.6 Å². The molecule has 1 unspecified atom stereocenters. The summed E-state index contributed by atoms with van der Waals surface area (Å²) in [6, 6.07) is 29.4. The Labute approximate surface area is 220 Å². The van der Waals surface area contributed by atoms with Crippen molar-refractivity contribution in [3.63, 3.8) is 0 Å².